The molecule has 0 fully saturated rings. The van der Waals surface area contributed by atoms with Crippen LogP contribution in [0.2, 0.25) is 0 Å². The molecule has 0 aromatic carbocycles. The van der Waals surface area contributed by atoms with Gasteiger partial charge in [0.1, 0.15) is 5.01 Å². The molecule has 0 amide bonds. The first kappa shape index (κ1) is 13.6. The zero-order valence-electron chi connectivity index (χ0n) is 11.1. The Hall–Kier alpha value is -0.780. The second kappa shape index (κ2) is 6.41. The standard InChI is InChI=1S/C13H19N3S2/c1-4-10-5-6-11(17-10)13-16-15-12(18-13)7-8-14-9(2)3/h5-6,9,14H,4,7-8H2,1-3H3. The van der Waals surface area contributed by atoms with Gasteiger partial charge in [0.25, 0.3) is 0 Å². The maximum absolute atomic E-state index is 4.28. The van der Waals surface area contributed by atoms with E-state index in [2.05, 4.69) is 48.4 Å². The first-order chi connectivity index (χ1) is 8.69. The molecule has 0 aliphatic rings. The van der Waals surface area contributed by atoms with Crippen molar-refractivity contribution < 1.29 is 0 Å². The third kappa shape index (κ3) is 3.60. The lowest BCUT2D eigenvalue weighted by Gasteiger charge is -2.04. The van der Waals surface area contributed by atoms with Gasteiger partial charge in [-0.05, 0) is 18.6 Å². The second-order valence-corrected chi connectivity index (χ2v) is 6.71. The SMILES string of the molecule is CCc1ccc(-c2nnc(CCNC(C)C)s2)s1. The molecule has 98 valence electrons. The van der Waals surface area contributed by atoms with Gasteiger partial charge in [-0.1, -0.05) is 32.1 Å². The second-order valence-electron chi connectivity index (χ2n) is 4.48. The average molecular weight is 281 g/mol. The van der Waals surface area contributed by atoms with Crippen molar-refractivity contribution in [2.24, 2.45) is 0 Å². The normalized spacial score (nSPS) is 11.3. The highest BCUT2D eigenvalue weighted by Gasteiger charge is 2.08. The number of aryl methyl sites for hydroxylation is 1. The van der Waals surface area contributed by atoms with Gasteiger partial charge in [-0.15, -0.1) is 21.5 Å². The van der Waals surface area contributed by atoms with E-state index in [-0.39, 0.29) is 0 Å². The van der Waals surface area contributed by atoms with Crippen LogP contribution in [-0.4, -0.2) is 22.8 Å². The van der Waals surface area contributed by atoms with Crippen molar-refractivity contribution in [1.82, 2.24) is 15.5 Å². The van der Waals surface area contributed by atoms with Crippen molar-refractivity contribution in [3.8, 4) is 9.88 Å². The van der Waals surface area contributed by atoms with E-state index in [1.807, 2.05) is 11.3 Å². The van der Waals surface area contributed by atoms with Gasteiger partial charge in [0.15, 0.2) is 5.01 Å². The summed E-state index contributed by atoms with van der Waals surface area (Å²) >= 11 is 3.53. The lowest BCUT2D eigenvalue weighted by atomic mass is 10.3. The van der Waals surface area contributed by atoms with E-state index in [1.54, 1.807) is 11.3 Å². The summed E-state index contributed by atoms with van der Waals surface area (Å²) in [7, 11) is 0. The monoisotopic (exact) mass is 281 g/mol. The van der Waals surface area contributed by atoms with Gasteiger partial charge >= 0.3 is 0 Å². The molecule has 2 heterocycles. The Bertz CT molecular complexity index is 488. The molecule has 2 aromatic rings. The molecule has 2 aromatic heterocycles. The molecule has 0 radical (unpaired) electrons. The lowest BCUT2D eigenvalue weighted by Crippen LogP contribution is -2.24. The molecule has 0 aliphatic carbocycles. The lowest BCUT2D eigenvalue weighted by molar-refractivity contribution is 0.588. The fourth-order valence-corrected chi connectivity index (χ4v) is 3.44. The van der Waals surface area contributed by atoms with Crippen LogP contribution in [-0.2, 0) is 12.8 Å². The molecular weight excluding hydrogens is 262 g/mol. The molecule has 5 heteroatoms. The minimum Gasteiger partial charge on any atom is -0.314 e. The van der Waals surface area contributed by atoms with Crippen LogP contribution in [0.1, 0.15) is 30.7 Å². The van der Waals surface area contributed by atoms with Crippen LogP contribution in [0.15, 0.2) is 12.1 Å². The van der Waals surface area contributed by atoms with E-state index in [4.69, 9.17) is 0 Å². The zero-order chi connectivity index (χ0) is 13.0. The molecule has 0 unspecified atom stereocenters. The third-order valence-electron chi connectivity index (χ3n) is 2.58. The predicted molar refractivity (Wildman–Crippen MR) is 79.4 cm³/mol. The maximum atomic E-state index is 4.28. The van der Waals surface area contributed by atoms with Gasteiger partial charge in [-0.2, -0.15) is 0 Å². The molecule has 0 spiro atoms. The van der Waals surface area contributed by atoms with Gasteiger partial charge in [0.05, 0.1) is 4.88 Å². The van der Waals surface area contributed by atoms with Crippen LogP contribution in [0.25, 0.3) is 9.88 Å². The van der Waals surface area contributed by atoms with Crippen LogP contribution in [0, 0.1) is 0 Å². The molecular formula is C13H19N3S2. The molecule has 0 saturated heterocycles. The Morgan fingerprint density at radius 1 is 1.22 bits per heavy atom. The van der Waals surface area contributed by atoms with Crippen molar-refractivity contribution in [2.75, 3.05) is 6.54 Å². The first-order valence-electron chi connectivity index (χ1n) is 6.34. The van der Waals surface area contributed by atoms with Crippen LogP contribution in [0.4, 0.5) is 0 Å². The van der Waals surface area contributed by atoms with E-state index in [0.717, 1.165) is 29.4 Å². The first-order valence-corrected chi connectivity index (χ1v) is 7.97. The van der Waals surface area contributed by atoms with Gasteiger partial charge < -0.3 is 5.32 Å². The molecule has 0 aliphatic heterocycles. The Morgan fingerprint density at radius 2 is 2.06 bits per heavy atom. The molecule has 3 nitrogen and oxygen atoms in total. The molecule has 0 bridgehead atoms. The summed E-state index contributed by atoms with van der Waals surface area (Å²) in [6.45, 7) is 7.46. The summed E-state index contributed by atoms with van der Waals surface area (Å²) in [6.07, 6.45) is 2.05. The number of hydrogen-bond donors (Lipinski definition) is 1. The minimum absolute atomic E-state index is 0.529. The maximum Gasteiger partial charge on any atom is 0.157 e. The van der Waals surface area contributed by atoms with E-state index in [0.29, 0.717) is 6.04 Å². The summed E-state index contributed by atoms with van der Waals surface area (Å²) in [4.78, 5) is 2.65. The number of hydrogen-bond acceptors (Lipinski definition) is 5. The number of nitrogens with one attached hydrogen (secondary N) is 1. The number of nitrogens with zero attached hydrogens (tertiary/aromatic N) is 2. The average Bonchev–Trinajstić information content (AvgIpc) is 2.95. The zero-order valence-corrected chi connectivity index (χ0v) is 12.7. The Labute approximate surface area is 116 Å². The van der Waals surface area contributed by atoms with Gasteiger partial charge in [0, 0.05) is 23.9 Å². The Balaban J connectivity index is 1.97. The summed E-state index contributed by atoms with van der Waals surface area (Å²) in [6, 6.07) is 4.86. The smallest absolute Gasteiger partial charge is 0.157 e. The Morgan fingerprint density at radius 3 is 2.72 bits per heavy atom. The van der Waals surface area contributed by atoms with Gasteiger partial charge in [0.2, 0.25) is 0 Å². The number of thiophene rings is 1. The van der Waals surface area contributed by atoms with E-state index >= 15 is 0 Å². The van der Waals surface area contributed by atoms with Gasteiger partial charge in [-0.25, -0.2) is 0 Å². The summed E-state index contributed by atoms with van der Waals surface area (Å²) in [5.74, 6) is 0. The topological polar surface area (TPSA) is 37.8 Å². The molecule has 0 saturated carbocycles. The van der Waals surface area contributed by atoms with Crippen LogP contribution < -0.4 is 5.32 Å². The highest BCUT2D eigenvalue weighted by Crippen LogP contribution is 2.30. The van der Waals surface area contributed by atoms with E-state index in [9.17, 15) is 0 Å². The number of aromatic nitrogens is 2. The van der Waals surface area contributed by atoms with Crippen LogP contribution in [0.5, 0.6) is 0 Å². The van der Waals surface area contributed by atoms with Crippen molar-refractivity contribution in [3.63, 3.8) is 0 Å². The summed E-state index contributed by atoms with van der Waals surface area (Å²) in [5, 5.41) is 14.1. The summed E-state index contributed by atoms with van der Waals surface area (Å²) in [5.41, 5.74) is 0. The molecule has 0 atom stereocenters. The Kier molecular flexibility index (Phi) is 4.86. The van der Waals surface area contributed by atoms with Crippen molar-refractivity contribution in [1.29, 1.82) is 0 Å². The fraction of sp³-hybridized carbons (Fsp3) is 0.538. The number of rotatable bonds is 6. The fourth-order valence-electron chi connectivity index (χ4n) is 1.60. The minimum atomic E-state index is 0.529. The molecule has 2 rings (SSSR count). The largest absolute Gasteiger partial charge is 0.314 e. The van der Waals surface area contributed by atoms with Gasteiger partial charge in [-0.3, -0.25) is 0 Å². The van der Waals surface area contributed by atoms with Crippen LogP contribution >= 0.6 is 22.7 Å². The quantitative estimate of drug-likeness (QED) is 0.882. The third-order valence-corrected chi connectivity index (χ3v) is 4.96. The molecule has 1 N–H and O–H groups in total. The highest BCUT2D eigenvalue weighted by atomic mass is 32.1. The molecule has 18 heavy (non-hydrogen) atoms. The van der Waals surface area contributed by atoms with Crippen molar-refractivity contribution >= 4 is 22.7 Å². The van der Waals surface area contributed by atoms with Crippen molar-refractivity contribution in [2.45, 2.75) is 39.7 Å². The summed E-state index contributed by atoms with van der Waals surface area (Å²) < 4.78 is 0. The van der Waals surface area contributed by atoms with E-state index < -0.39 is 0 Å². The highest BCUT2D eigenvalue weighted by molar-refractivity contribution is 7.21. The predicted octanol–water partition coefficient (Wildman–Crippen LogP) is 3.37. The van der Waals surface area contributed by atoms with Crippen LogP contribution in [0.3, 0.4) is 0 Å². The van der Waals surface area contributed by atoms with E-state index in [1.165, 1.54) is 9.75 Å². The van der Waals surface area contributed by atoms with Crippen molar-refractivity contribution in [3.05, 3.63) is 22.0 Å².